The minimum Gasteiger partial charge on any atom is -0.459 e. The largest absolute Gasteiger partial charge is 0.459 e. The van der Waals surface area contributed by atoms with Gasteiger partial charge in [0.15, 0.2) is 0 Å². The average molecular weight is 241 g/mol. The average Bonchev–Trinajstić information content (AvgIpc) is 2.30. The van der Waals surface area contributed by atoms with Crippen molar-refractivity contribution >= 4 is 11.9 Å². The van der Waals surface area contributed by atoms with E-state index in [-0.39, 0.29) is 13.2 Å². The first-order valence-corrected chi connectivity index (χ1v) is 5.26. The van der Waals surface area contributed by atoms with Crippen molar-refractivity contribution in [2.24, 2.45) is 0 Å². The fourth-order valence-electron chi connectivity index (χ4n) is 0.898. The Kier molecular flexibility index (Phi) is 7.71. The second kappa shape index (κ2) is 8.52. The SMILES string of the molecule is C=CC(=O)OCCOC(=O)C(=C)CCN(C)C. The molecule has 0 aliphatic carbocycles. The van der Waals surface area contributed by atoms with E-state index >= 15 is 0 Å². The van der Waals surface area contributed by atoms with Gasteiger partial charge in [0, 0.05) is 18.2 Å². The summed E-state index contributed by atoms with van der Waals surface area (Å²) < 4.78 is 9.51. The van der Waals surface area contributed by atoms with Crippen LogP contribution in [0.2, 0.25) is 0 Å². The zero-order valence-electron chi connectivity index (χ0n) is 10.4. The minimum atomic E-state index is -0.535. The zero-order valence-corrected chi connectivity index (χ0v) is 10.4. The first-order chi connectivity index (χ1) is 7.97. The Balaban J connectivity index is 3.67. The number of carbonyl (C=O) groups is 2. The summed E-state index contributed by atoms with van der Waals surface area (Å²) in [5.74, 6) is -0.992. The summed E-state index contributed by atoms with van der Waals surface area (Å²) in [6.45, 7) is 7.66. The molecule has 0 aromatic rings. The topological polar surface area (TPSA) is 55.8 Å². The molecule has 0 amide bonds. The highest BCUT2D eigenvalue weighted by atomic mass is 16.6. The van der Waals surface area contributed by atoms with Crippen LogP contribution in [0.1, 0.15) is 6.42 Å². The molecular formula is C12H19NO4. The summed E-state index contributed by atoms with van der Waals surface area (Å²) in [7, 11) is 3.82. The lowest BCUT2D eigenvalue weighted by Gasteiger charge is -2.10. The summed E-state index contributed by atoms with van der Waals surface area (Å²) in [6, 6.07) is 0. The van der Waals surface area contributed by atoms with Crippen LogP contribution in [0.4, 0.5) is 0 Å². The number of rotatable bonds is 8. The van der Waals surface area contributed by atoms with Gasteiger partial charge in [0.1, 0.15) is 13.2 Å². The van der Waals surface area contributed by atoms with Crippen molar-refractivity contribution in [1.29, 1.82) is 0 Å². The molecule has 0 aliphatic rings. The van der Waals surface area contributed by atoms with Crippen molar-refractivity contribution in [3.63, 3.8) is 0 Å². The maximum Gasteiger partial charge on any atom is 0.333 e. The quantitative estimate of drug-likeness (QED) is 0.357. The van der Waals surface area contributed by atoms with Crippen LogP contribution in [0.25, 0.3) is 0 Å². The van der Waals surface area contributed by atoms with E-state index in [0.29, 0.717) is 12.0 Å². The Hall–Kier alpha value is -1.62. The number of esters is 2. The number of hydrogen-bond donors (Lipinski definition) is 0. The normalized spacial score (nSPS) is 9.82. The first kappa shape index (κ1) is 15.4. The van der Waals surface area contributed by atoms with Gasteiger partial charge in [-0.3, -0.25) is 0 Å². The third kappa shape index (κ3) is 8.21. The second-order valence-corrected chi connectivity index (χ2v) is 3.66. The smallest absolute Gasteiger partial charge is 0.333 e. The summed E-state index contributed by atoms with van der Waals surface area (Å²) >= 11 is 0. The van der Waals surface area contributed by atoms with E-state index < -0.39 is 11.9 Å². The van der Waals surface area contributed by atoms with Crippen LogP contribution < -0.4 is 0 Å². The van der Waals surface area contributed by atoms with Crippen molar-refractivity contribution in [3.8, 4) is 0 Å². The molecule has 0 heterocycles. The molecule has 0 fully saturated rings. The zero-order chi connectivity index (χ0) is 13.3. The van der Waals surface area contributed by atoms with Gasteiger partial charge in [0.2, 0.25) is 0 Å². The molecule has 0 rings (SSSR count). The van der Waals surface area contributed by atoms with Gasteiger partial charge in [-0.2, -0.15) is 0 Å². The van der Waals surface area contributed by atoms with E-state index in [9.17, 15) is 9.59 Å². The molecule has 0 saturated carbocycles. The molecule has 0 unspecified atom stereocenters. The molecule has 17 heavy (non-hydrogen) atoms. The van der Waals surface area contributed by atoms with Crippen LogP contribution in [0.3, 0.4) is 0 Å². The van der Waals surface area contributed by atoms with Gasteiger partial charge in [-0.05, 0) is 20.5 Å². The molecule has 5 nitrogen and oxygen atoms in total. The molecule has 0 radical (unpaired) electrons. The van der Waals surface area contributed by atoms with Gasteiger partial charge in [-0.15, -0.1) is 0 Å². The van der Waals surface area contributed by atoms with Gasteiger partial charge in [0.25, 0.3) is 0 Å². The number of ether oxygens (including phenoxy) is 2. The molecule has 0 aromatic heterocycles. The van der Waals surface area contributed by atoms with Crippen LogP contribution in [0, 0.1) is 0 Å². The molecule has 0 atom stereocenters. The van der Waals surface area contributed by atoms with E-state index in [1.165, 1.54) is 0 Å². The Morgan fingerprint density at radius 1 is 1.24 bits per heavy atom. The van der Waals surface area contributed by atoms with Crippen LogP contribution in [0.15, 0.2) is 24.8 Å². The molecule has 0 spiro atoms. The van der Waals surface area contributed by atoms with Gasteiger partial charge in [0.05, 0.1) is 0 Å². The highest BCUT2D eigenvalue weighted by Gasteiger charge is 2.08. The van der Waals surface area contributed by atoms with E-state index in [0.717, 1.165) is 12.6 Å². The molecule has 0 aromatic carbocycles. The minimum absolute atomic E-state index is 0.0254. The number of nitrogens with zero attached hydrogens (tertiary/aromatic N) is 1. The van der Waals surface area contributed by atoms with Crippen molar-refractivity contribution in [2.45, 2.75) is 6.42 Å². The van der Waals surface area contributed by atoms with Crippen LogP contribution >= 0.6 is 0 Å². The maximum absolute atomic E-state index is 11.4. The molecule has 0 aliphatic heterocycles. The predicted molar refractivity (Wildman–Crippen MR) is 64.4 cm³/mol. The Bertz CT molecular complexity index is 297. The predicted octanol–water partition coefficient (Wildman–Crippen LogP) is 0.767. The van der Waals surface area contributed by atoms with E-state index in [1.807, 2.05) is 19.0 Å². The second-order valence-electron chi connectivity index (χ2n) is 3.66. The third-order valence-corrected chi connectivity index (χ3v) is 1.88. The lowest BCUT2D eigenvalue weighted by atomic mass is 10.2. The molecule has 0 N–H and O–H groups in total. The highest BCUT2D eigenvalue weighted by molar-refractivity contribution is 5.87. The lowest BCUT2D eigenvalue weighted by Crippen LogP contribution is -2.18. The Labute approximate surface area is 102 Å². The molecule has 0 bridgehead atoms. The van der Waals surface area contributed by atoms with Gasteiger partial charge in [-0.25, -0.2) is 9.59 Å². The van der Waals surface area contributed by atoms with Gasteiger partial charge < -0.3 is 14.4 Å². The van der Waals surface area contributed by atoms with Crippen LogP contribution in [-0.4, -0.2) is 50.7 Å². The lowest BCUT2D eigenvalue weighted by molar-refractivity contribution is -0.146. The van der Waals surface area contributed by atoms with Crippen LogP contribution in [0.5, 0.6) is 0 Å². The van der Waals surface area contributed by atoms with Crippen molar-refractivity contribution < 1.29 is 19.1 Å². The summed E-state index contributed by atoms with van der Waals surface area (Å²) in [4.78, 5) is 24.0. The van der Waals surface area contributed by atoms with Crippen molar-refractivity contribution in [2.75, 3.05) is 33.9 Å². The third-order valence-electron chi connectivity index (χ3n) is 1.88. The number of hydrogen-bond acceptors (Lipinski definition) is 5. The summed E-state index contributed by atoms with van der Waals surface area (Å²) in [5, 5.41) is 0. The number of carbonyl (C=O) groups excluding carboxylic acids is 2. The fraction of sp³-hybridized carbons (Fsp3) is 0.500. The Morgan fingerprint density at radius 3 is 2.35 bits per heavy atom. The van der Waals surface area contributed by atoms with Crippen molar-refractivity contribution in [3.05, 3.63) is 24.8 Å². The van der Waals surface area contributed by atoms with E-state index in [1.54, 1.807) is 0 Å². The molecule has 96 valence electrons. The molecule has 5 heteroatoms. The highest BCUT2D eigenvalue weighted by Crippen LogP contribution is 2.01. The first-order valence-electron chi connectivity index (χ1n) is 5.26. The summed E-state index contributed by atoms with van der Waals surface area (Å²) in [6.07, 6.45) is 1.61. The van der Waals surface area contributed by atoms with Gasteiger partial charge in [-0.1, -0.05) is 13.2 Å². The van der Waals surface area contributed by atoms with E-state index in [2.05, 4.69) is 17.9 Å². The Morgan fingerprint density at radius 2 is 1.82 bits per heavy atom. The molecule has 0 saturated heterocycles. The fourth-order valence-corrected chi connectivity index (χ4v) is 0.898. The monoisotopic (exact) mass is 241 g/mol. The summed E-state index contributed by atoms with van der Waals surface area (Å²) in [5.41, 5.74) is 0.411. The van der Waals surface area contributed by atoms with Crippen LogP contribution in [-0.2, 0) is 19.1 Å². The van der Waals surface area contributed by atoms with E-state index in [4.69, 9.17) is 4.74 Å². The standard InChI is InChI=1S/C12H19NO4/c1-5-11(14)16-8-9-17-12(15)10(2)6-7-13(3)4/h5H,1-2,6-9H2,3-4H3. The maximum atomic E-state index is 11.4. The molecular weight excluding hydrogens is 222 g/mol. The van der Waals surface area contributed by atoms with Crippen molar-refractivity contribution in [1.82, 2.24) is 4.90 Å². The van der Waals surface area contributed by atoms with Gasteiger partial charge >= 0.3 is 11.9 Å².